The summed E-state index contributed by atoms with van der Waals surface area (Å²) in [5, 5.41) is 3.62. The number of nitrogens with one attached hydrogen (secondary N) is 1. The molecule has 102 valence electrons. The van der Waals surface area contributed by atoms with Crippen molar-refractivity contribution in [1.29, 1.82) is 0 Å². The Morgan fingerprint density at radius 3 is 2.61 bits per heavy atom. The van der Waals surface area contributed by atoms with Crippen molar-refractivity contribution in [1.82, 2.24) is 14.9 Å². The predicted octanol–water partition coefficient (Wildman–Crippen LogP) is 0.846. The topological polar surface area (TPSA) is 59.1 Å². The maximum Gasteiger partial charge on any atom is 0.204 e. The van der Waals surface area contributed by atoms with Crippen LogP contribution in [0.5, 0.6) is 0 Å². The fraction of sp³-hybridized carbons (Fsp3) is 0.769. The van der Waals surface area contributed by atoms with Crippen molar-refractivity contribution in [3.63, 3.8) is 0 Å². The number of nitrogens with two attached hydrogens (primary N) is 1. The Morgan fingerprint density at radius 1 is 1.39 bits per heavy atom. The smallest absolute Gasteiger partial charge is 0.204 e. The predicted molar refractivity (Wildman–Crippen MR) is 74.6 cm³/mol. The molecule has 3 N–H and O–H groups in total. The molecule has 1 aliphatic rings. The summed E-state index contributed by atoms with van der Waals surface area (Å²) >= 11 is 0. The van der Waals surface area contributed by atoms with E-state index in [-0.39, 0.29) is 0 Å². The molecule has 0 atom stereocenters. The van der Waals surface area contributed by atoms with Crippen LogP contribution in [0.3, 0.4) is 0 Å². The van der Waals surface area contributed by atoms with Crippen LogP contribution in [-0.2, 0) is 13.6 Å². The fourth-order valence-electron chi connectivity index (χ4n) is 2.59. The molecule has 1 heterocycles. The zero-order chi connectivity index (χ0) is 13.1. The van der Waals surface area contributed by atoms with Crippen molar-refractivity contribution >= 4 is 5.95 Å². The number of hydrogen-bond donors (Lipinski definition) is 2. The summed E-state index contributed by atoms with van der Waals surface area (Å²) in [7, 11) is 6.10. The first-order valence-electron chi connectivity index (χ1n) is 6.75. The van der Waals surface area contributed by atoms with Gasteiger partial charge in [0.1, 0.15) is 0 Å². The number of imidazole rings is 1. The van der Waals surface area contributed by atoms with Gasteiger partial charge in [0, 0.05) is 39.8 Å². The van der Waals surface area contributed by atoms with Crippen molar-refractivity contribution in [2.75, 3.05) is 19.0 Å². The lowest BCUT2D eigenvalue weighted by atomic mass is 9.92. The van der Waals surface area contributed by atoms with Crippen LogP contribution in [-0.4, -0.2) is 35.7 Å². The molecule has 1 aliphatic carbocycles. The molecule has 1 aromatic rings. The van der Waals surface area contributed by atoms with Crippen LogP contribution in [0.1, 0.15) is 31.4 Å². The first-order valence-corrected chi connectivity index (χ1v) is 6.75. The molecule has 0 bridgehead atoms. The molecule has 0 spiro atoms. The second-order valence-electron chi connectivity index (χ2n) is 5.50. The highest BCUT2D eigenvalue weighted by molar-refractivity contribution is 5.30. The zero-order valence-corrected chi connectivity index (χ0v) is 11.7. The van der Waals surface area contributed by atoms with E-state index in [1.807, 2.05) is 25.2 Å². The van der Waals surface area contributed by atoms with Gasteiger partial charge in [-0.3, -0.25) is 0 Å². The molecule has 1 aromatic heterocycles. The number of hydrogen-bond acceptors (Lipinski definition) is 4. The maximum atomic E-state index is 5.92. The first kappa shape index (κ1) is 13.4. The van der Waals surface area contributed by atoms with Crippen molar-refractivity contribution in [2.45, 2.75) is 44.3 Å². The van der Waals surface area contributed by atoms with Crippen LogP contribution in [0.2, 0.25) is 0 Å². The molecule has 0 saturated heterocycles. The number of anilines is 1. The molecule has 18 heavy (non-hydrogen) atoms. The van der Waals surface area contributed by atoms with Crippen molar-refractivity contribution in [2.24, 2.45) is 12.8 Å². The first-order chi connectivity index (χ1) is 8.58. The molecular formula is C13H25N5. The molecule has 0 amide bonds. The monoisotopic (exact) mass is 251 g/mol. The van der Waals surface area contributed by atoms with E-state index in [1.165, 1.54) is 18.5 Å². The van der Waals surface area contributed by atoms with E-state index in [2.05, 4.69) is 21.9 Å². The number of aromatic nitrogens is 2. The molecule has 5 nitrogen and oxygen atoms in total. The SMILES string of the molecule is CN(C)c1ncc(CNC2CCC(N)CC2)n1C. The molecule has 1 saturated carbocycles. The van der Waals surface area contributed by atoms with E-state index >= 15 is 0 Å². The summed E-state index contributed by atoms with van der Waals surface area (Å²) in [6.45, 7) is 0.886. The minimum atomic E-state index is 0.417. The van der Waals surface area contributed by atoms with Crippen LogP contribution >= 0.6 is 0 Å². The average molecular weight is 251 g/mol. The second-order valence-corrected chi connectivity index (χ2v) is 5.50. The van der Waals surface area contributed by atoms with E-state index in [0.29, 0.717) is 12.1 Å². The molecule has 0 radical (unpaired) electrons. The Morgan fingerprint density at radius 2 is 2.06 bits per heavy atom. The number of nitrogens with zero attached hydrogens (tertiary/aromatic N) is 3. The third kappa shape index (κ3) is 3.03. The largest absolute Gasteiger partial charge is 0.348 e. The van der Waals surface area contributed by atoms with Crippen LogP contribution in [0.25, 0.3) is 0 Å². The third-order valence-electron chi connectivity index (χ3n) is 3.80. The van der Waals surface area contributed by atoms with Crippen LogP contribution < -0.4 is 16.0 Å². The molecule has 1 fully saturated rings. The van der Waals surface area contributed by atoms with Crippen LogP contribution in [0.4, 0.5) is 5.95 Å². The van der Waals surface area contributed by atoms with Crippen molar-refractivity contribution < 1.29 is 0 Å². The van der Waals surface area contributed by atoms with Gasteiger partial charge in [0.2, 0.25) is 5.95 Å². The van der Waals surface area contributed by atoms with Crippen LogP contribution in [0, 0.1) is 0 Å². The van der Waals surface area contributed by atoms with E-state index in [1.54, 1.807) is 0 Å². The maximum absolute atomic E-state index is 5.92. The normalized spacial score (nSPS) is 24.2. The molecular weight excluding hydrogens is 226 g/mol. The van der Waals surface area contributed by atoms with Gasteiger partial charge < -0.3 is 20.5 Å². The molecule has 0 aliphatic heterocycles. The van der Waals surface area contributed by atoms with Gasteiger partial charge in [0.25, 0.3) is 0 Å². The lowest BCUT2D eigenvalue weighted by molar-refractivity contribution is 0.340. The second kappa shape index (κ2) is 5.71. The Hall–Kier alpha value is -1.07. The van der Waals surface area contributed by atoms with E-state index in [9.17, 15) is 0 Å². The zero-order valence-electron chi connectivity index (χ0n) is 11.7. The highest BCUT2D eigenvalue weighted by Crippen LogP contribution is 2.18. The highest BCUT2D eigenvalue weighted by atomic mass is 15.3. The van der Waals surface area contributed by atoms with Gasteiger partial charge in [-0.25, -0.2) is 4.98 Å². The van der Waals surface area contributed by atoms with Gasteiger partial charge in [-0.1, -0.05) is 0 Å². The summed E-state index contributed by atoms with van der Waals surface area (Å²) in [5.41, 5.74) is 7.15. The third-order valence-corrected chi connectivity index (χ3v) is 3.80. The summed E-state index contributed by atoms with van der Waals surface area (Å²) in [5.74, 6) is 0.998. The van der Waals surface area contributed by atoms with Gasteiger partial charge in [-0.05, 0) is 25.7 Å². The Kier molecular flexibility index (Phi) is 4.24. The summed E-state index contributed by atoms with van der Waals surface area (Å²) in [4.78, 5) is 6.45. The Balaban J connectivity index is 1.87. The Labute approximate surface area is 109 Å². The molecule has 5 heteroatoms. The molecule has 0 unspecified atom stereocenters. The summed E-state index contributed by atoms with van der Waals surface area (Å²) in [6.07, 6.45) is 6.63. The number of rotatable bonds is 4. The fourth-order valence-corrected chi connectivity index (χ4v) is 2.59. The van der Waals surface area contributed by atoms with Crippen molar-refractivity contribution in [3.8, 4) is 0 Å². The quantitative estimate of drug-likeness (QED) is 0.833. The van der Waals surface area contributed by atoms with Gasteiger partial charge in [-0.15, -0.1) is 0 Å². The van der Waals surface area contributed by atoms with Gasteiger partial charge in [-0.2, -0.15) is 0 Å². The summed E-state index contributed by atoms with van der Waals surface area (Å²) < 4.78 is 2.14. The van der Waals surface area contributed by atoms with E-state index in [0.717, 1.165) is 25.3 Å². The van der Waals surface area contributed by atoms with Gasteiger partial charge in [0.05, 0.1) is 11.9 Å². The van der Waals surface area contributed by atoms with E-state index in [4.69, 9.17) is 5.73 Å². The molecule has 2 rings (SSSR count). The standard InChI is InChI=1S/C13H25N5/c1-17(2)13-16-9-12(18(13)3)8-15-11-6-4-10(14)5-7-11/h9-11,15H,4-8,14H2,1-3H3. The van der Waals surface area contributed by atoms with Crippen LogP contribution in [0.15, 0.2) is 6.20 Å². The minimum absolute atomic E-state index is 0.417. The van der Waals surface area contributed by atoms with Gasteiger partial charge in [0.15, 0.2) is 0 Å². The lowest BCUT2D eigenvalue weighted by Gasteiger charge is -2.27. The summed E-state index contributed by atoms with van der Waals surface area (Å²) in [6, 6.07) is 1.03. The Bertz CT molecular complexity index is 377. The van der Waals surface area contributed by atoms with Gasteiger partial charge >= 0.3 is 0 Å². The highest BCUT2D eigenvalue weighted by Gasteiger charge is 2.18. The lowest BCUT2D eigenvalue weighted by Crippen LogP contribution is -2.37. The average Bonchev–Trinajstić information content (AvgIpc) is 2.70. The van der Waals surface area contributed by atoms with Crippen molar-refractivity contribution in [3.05, 3.63) is 11.9 Å². The molecule has 0 aromatic carbocycles. The van der Waals surface area contributed by atoms with E-state index < -0.39 is 0 Å². The minimum Gasteiger partial charge on any atom is -0.348 e.